The number of carbonyl (C=O) groups excluding carboxylic acids is 1. The molecule has 0 aliphatic heterocycles. The summed E-state index contributed by atoms with van der Waals surface area (Å²) in [5.74, 6) is 1.08. The number of carbonyl (C=O) groups is 1. The van der Waals surface area contributed by atoms with Crippen molar-refractivity contribution in [1.82, 2.24) is 4.57 Å². The highest BCUT2D eigenvalue weighted by Gasteiger charge is 2.16. The van der Waals surface area contributed by atoms with E-state index in [9.17, 15) is 4.79 Å². The molecule has 0 aliphatic carbocycles. The van der Waals surface area contributed by atoms with Crippen molar-refractivity contribution in [3.05, 3.63) is 66.7 Å². The summed E-state index contributed by atoms with van der Waals surface area (Å²) in [7, 11) is 1.60. The zero-order valence-electron chi connectivity index (χ0n) is 16.8. The van der Waals surface area contributed by atoms with Crippen molar-refractivity contribution in [2.24, 2.45) is 0 Å². The summed E-state index contributed by atoms with van der Waals surface area (Å²) in [6, 6.07) is 21.6. The summed E-state index contributed by atoms with van der Waals surface area (Å²) in [6.07, 6.45) is -0.644. The number of amides is 1. The number of aryl methyl sites for hydroxylation is 1. The molecule has 148 valence electrons. The summed E-state index contributed by atoms with van der Waals surface area (Å²) in [5.41, 5.74) is 3.11. The molecule has 4 rings (SSSR count). The van der Waals surface area contributed by atoms with Crippen molar-refractivity contribution >= 4 is 33.4 Å². The fourth-order valence-corrected chi connectivity index (χ4v) is 3.65. The van der Waals surface area contributed by atoms with E-state index in [1.54, 1.807) is 26.2 Å². The monoisotopic (exact) mass is 388 g/mol. The van der Waals surface area contributed by atoms with E-state index in [-0.39, 0.29) is 5.91 Å². The van der Waals surface area contributed by atoms with Gasteiger partial charge < -0.3 is 19.4 Å². The van der Waals surface area contributed by atoms with Crippen molar-refractivity contribution in [1.29, 1.82) is 0 Å². The molecule has 1 atom stereocenters. The normalized spacial score (nSPS) is 12.1. The molecule has 0 saturated heterocycles. The summed E-state index contributed by atoms with van der Waals surface area (Å²) < 4.78 is 13.3. The average molecular weight is 388 g/mol. The van der Waals surface area contributed by atoms with Gasteiger partial charge in [0.25, 0.3) is 5.91 Å². The molecule has 5 heteroatoms. The topological polar surface area (TPSA) is 52.5 Å². The van der Waals surface area contributed by atoms with Gasteiger partial charge in [-0.15, -0.1) is 0 Å². The maximum absolute atomic E-state index is 12.7. The van der Waals surface area contributed by atoms with Crippen LogP contribution in [0.4, 0.5) is 5.69 Å². The summed E-state index contributed by atoms with van der Waals surface area (Å²) >= 11 is 0. The van der Waals surface area contributed by atoms with E-state index in [0.29, 0.717) is 11.5 Å². The zero-order chi connectivity index (χ0) is 20.4. The molecule has 0 aliphatic rings. The van der Waals surface area contributed by atoms with Crippen LogP contribution in [0, 0.1) is 0 Å². The number of para-hydroxylation sites is 1. The number of methoxy groups -OCH3 is 1. The Kier molecular flexibility index (Phi) is 5.12. The molecule has 3 aromatic carbocycles. The van der Waals surface area contributed by atoms with Crippen LogP contribution in [0.5, 0.6) is 11.5 Å². The fraction of sp³-hybridized carbons (Fsp3) is 0.208. The molecule has 0 spiro atoms. The molecule has 1 aromatic heterocycles. The molecule has 0 radical (unpaired) electrons. The third kappa shape index (κ3) is 3.63. The smallest absolute Gasteiger partial charge is 0.265 e. The molecule has 1 amide bonds. The molecule has 1 heterocycles. The first-order chi connectivity index (χ1) is 14.1. The van der Waals surface area contributed by atoms with E-state index >= 15 is 0 Å². The molecule has 4 aromatic rings. The first kappa shape index (κ1) is 18.9. The van der Waals surface area contributed by atoms with E-state index in [1.165, 1.54) is 10.9 Å². The van der Waals surface area contributed by atoms with Crippen molar-refractivity contribution in [2.75, 3.05) is 12.4 Å². The first-order valence-electron chi connectivity index (χ1n) is 9.73. The van der Waals surface area contributed by atoms with Crippen molar-refractivity contribution in [3.8, 4) is 11.5 Å². The minimum Gasteiger partial charge on any atom is -0.497 e. The lowest BCUT2D eigenvalue weighted by Crippen LogP contribution is -2.30. The van der Waals surface area contributed by atoms with Gasteiger partial charge in [-0.25, -0.2) is 0 Å². The number of rotatable bonds is 6. The van der Waals surface area contributed by atoms with Gasteiger partial charge in [0.2, 0.25) is 0 Å². The zero-order valence-corrected chi connectivity index (χ0v) is 16.8. The van der Waals surface area contributed by atoms with Gasteiger partial charge in [0.15, 0.2) is 6.10 Å². The number of aromatic nitrogens is 1. The quantitative estimate of drug-likeness (QED) is 0.492. The maximum Gasteiger partial charge on any atom is 0.265 e. The molecule has 0 saturated carbocycles. The lowest BCUT2D eigenvalue weighted by Gasteiger charge is -2.15. The Hall–Kier alpha value is -3.47. The van der Waals surface area contributed by atoms with E-state index < -0.39 is 6.10 Å². The van der Waals surface area contributed by atoms with Crippen LogP contribution in [0.1, 0.15) is 13.8 Å². The van der Waals surface area contributed by atoms with Gasteiger partial charge in [-0.2, -0.15) is 0 Å². The number of benzene rings is 3. The van der Waals surface area contributed by atoms with Crippen LogP contribution >= 0.6 is 0 Å². The Morgan fingerprint density at radius 2 is 1.72 bits per heavy atom. The number of nitrogens with zero attached hydrogens (tertiary/aromatic N) is 1. The van der Waals surface area contributed by atoms with Crippen LogP contribution in [-0.2, 0) is 11.3 Å². The predicted molar refractivity (Wildman–Crippen MR) is 117 cm³/mol. The number of ether oxygens (including phenoxy) is 2. The molecular weight excluding hydrogens is 364 g/mol. The highest BCUT2D eigenvalue weighted by molar-refractivity contribution is 6.10. The lowest BCUT2D eigenvalue weighted by atomic mass is 10.1. The molecular formula is C24H24N2O3. The van der Waals surface area contributed by atoms with Crippen LogP contribution in [0.3, 0.4) is 0 Å². The Morgan fingerprint density at radius 1 is 0.966 bits per heavy atom. The van der Waals surface area contributed by atoms with E-state index in [4.69, 9.17) is 9.47 Å². The SMILES string of the molecule is CCn1c2ccccc2c2cc(NC(=O)[C@@H](C)Oc3cccc(OC)c3)ccc21. The van der Waals surface area contributed by atoms with Gasteiger partial charge in [-0.3, -0.25) is 4.79 Å². The summed E-state index contributed by atoms with van der Waals surface area (Å²) in [4.78, 5) is 12.7. The van der Waals surface area contributed by atoms with Crippen LogP contribution in [0.2, 0.25) is 0 Å². The number of fused-ring (bicyclic) bond motifs is 3. The van der Waals surface area contributed by atoms with Crippen LogP contribution in [-0.4, -0.2) is 23.7 Å². The van der Waals surface area contributed by atoms with Crippen LogP contribution in [0.25, 0.3) is 21.8 Å². The Balaban J connectivity index is 1.57. The van der Waals surface area contributed by atoms with Gasteiger partial charge in [0.1, 0.15) is 11.5 Å². The van der Waals surface area contributed by atoms with Crippen molar-refractivity contribution < 1.29 is 14.3 Å². The van der Waals surface area contributed by atoms with E-state index in [1.807, 2.05) is 36.4 Å². The third-order valence-electron chi connectivity index (χ3n) is 5.08. The lowest BCUT2D eigenvalue weighted by molar-refractivity contribution is -0.122. The second-order valence-corrected chi connectivity index (χ2v) is 6.92. The molecule has 5 nitrogen and oxygen atoms in total. The van der Waals surface area contributed by atoms with Gasteiger partial charge in [0.05, 0.1) is 7.11 Å². The second-order valence-electron chi connectivity index (χ2n) is 6.92. The minimum atomic E-state index is -0.644. The maximum atomic E-state index is 12.7. The van der Waals surface area contributed by atoms with Gasteiger partial charge in [0, 0.05) is 40.1 Å². The van der Waals surface area contributed by atoms with Crippen LogP contribution in [0.15, 0.2) is 66.7 Å². The van der Waals surface area contributed by atoms with E-state index in [2.05, 4.69) is 35.0 Å². The standard InChI is InChI=1S/C24H24N2O3/c1-4-26-22-11-6-5-10-20(22)21-14-17(12-13-23(21)26)25-24(27)16(2)29-19-9-7-8-18(15-19)28-3/h5-16H,4H2,1-3H3,(H,25,27)/t16-/m1/s1. The van der Waals surface area contributed by atoms with Crippen LogP contribution < -0.4 is 14.8 Å². The second kappa shape index (κ2) is 7.87. The molecule has 29 heavy (non-hydrogen) atoms. The number of hydrogen-bond donors (Lipinski definition) is 1. The predicted octanol–water partition coefficient (Wildman–Crippen LogP) is 5.23. The number of anilines is 1. The Morgan fingerprint density at radius 3 is 2.52 bits per heavy atom. The van der Waals surface area contributed by atoms with Crippen molar-refractivity contribution in [3.63, 3.8) is 0 Å². The Labute approximate surface area is 169 Å². The summed E-state index contributed by atoms with van der Waals surface area (Å²) in [6.45, 7) is 4.76. The third-order valence-corrected chi connectivity index (χ3v) is 5.08. The van der Waals surface area contributed by atoms with Crippen molar-refractivity contribution in [2.45, 2.75) is 26.5 Å². The molecule has 0 bridgehead atoms. The van der Waals surface area contributed by atoms with Gasteiger partial charge >= 0.3 is 0 Å². The van der Waals surface area contributed by atoms with E-state index in [0.717, 1.165) is 23.1 Å². The molecule has 1 N–H and O–H groups in total. The van der Waals surface area contributed by atoms with Gasteiger partial charge in [-0.1, -0.05) is 24.3 Å². The average Bonchev–Trinajstić information content (AvgIpc) is 3.07. The summed E-state index contributed by atoms with van der Waals surface area (Å²) in [5, 5.41) is 5.28. The highest BCUT2D eigenvalue weighted by atomic mass is 16.5. The largest absolute Gasteiger partial charge is 0.497 e. The minimum absolute atomic E-state index is 0.202. The fourth-order valence-electron chi connectivity index (χ4n) is 3.65. The Bertz CT molecular complexity index is 1180. The first-order valence-corrected chi connectivity index (χ1v) is 9.73. The number of hydrogen-bond acceptors (Lipinski definition) is 3. The number of nitrogens with one attached hydrogen (secondary N) is 1. The molecule has 0 unspecified atom stereocenters. The van der Waals surface area contributed by atoms with Gasteiger partial charge in [-0.05, 0) is 50.2 Å². The molecule has 0 fully saturated rings. The highest BCUT2D eigenvalue weighted by Crippen LogP contribution is 2.31.